The maximum Gasteiger partial charge on any atom is 0.145 e. The first-order valence-electron chi connectivity index (χ1n) is 9.26. The number of aromatic hydroxyl groups is 1. The van der Waals surface area contributed by atoms with E-state index in [0.717, 1.165) is 32.1 Å². The van der Waals surface area contributed by atoms with Crippen LogP contribution in [0.2, 0.25) is 0 Å². The molecule has 2 nitrogen and oxygen atoms in total. The number of carbonyl (C=O) groups is 1. The van der Waals surface area contributed by atoms with E-state index in [1.807, 2.05) is 12.1 Å². The summed E-state index contributed by atoms with van der Waals surface area (Å²) in [6, 6.07) is 5.98. The molecule has 3 saturated carbocycles. The zero-order valence-corrected chi connectivity index (χ0v) is 14.2. The Morgan fingerprint density at radius 3 is 2.78 bits per heavy atom. The molecule has 5 atom stereocenters. The molecular weight excluding hydrogens is 284 g/mol. The Hall–Kier alpha value is -1.31. The smallest absolute Gasteiger partial charge is 0.145 e. The van der Waals surface area contributed by atoms with Gasteiger partial charge in [0.2, 0.25) is 0 Å². The number of ketones is 1. The molecule has 5 rings (SSSR count). The molecule has 4 aliphatic carbocycles. The lowest BCUT2D eigenvalue weighted by molar-refractivity contribution is -0.146. The van der Waals surface area contributed by atoms with Gasteiger partial charge in [0.05, 0.1) is 0 Å². The Morgan fingerprint density at radius 1 is 1.13 bits per heavy atom. The van der Waals surface area contributed by atoms with Gasteiger partial charge in [-0.2, -0.15) is 0 Å². The lowest BCUT2D eigenvalue weighted by Gasteiger charge is -2.57. The summed E-state index contributed by atoms with van der Waals surface area (Å²) in [5.74, 6) is 2.23. The summed E-state index contributed by atoms with van der Waals surface area (Å²) in [4.78, 5) is 13.2. The number of phenols is 1. The average Bonchev–Trinajstić information content (AvgIpc) is 2.97. The first-order chi connectivity index (χ1) is 10.9. The third-order valence-electron chi connectivity index (χ3n) is 8.38. The van der Waals surface area contributed by atoms with Crippen LogP contribution in [-0.4, -0.2) is 10.9 Å². The van der Waals surface area contributed by atoms with Gasteiger partial charge in [-0.25, -0.2) is 0 Å². The fourth-order valence-corrected chi connectivity index (χ4v) is 7.38. The van der Waals surface area contributed by atoms with E-state index in [1.165, 1.54) is 24.0 Å². The Kier molecular flexibility index (Phi) is 2.46. The number of rotatable bonds is 0. The van der Waals surface area contributed by atoms with Crippen LogP contribution in [-0.2, 0) is 11.2 Å². The van der Waals surface area contributed by atoms with Gasteiger partial charge in [0.1, 0.15) is 11.5 Å². The van der Waals surface area contributed by atoms with Gasteiger partial charge < -0.3 is 5.11 Å². The zero-order chi connectivity index (χ0) is 16.0. The Morgan fingerprint density at radius 2 is 1.96 bits per heavy atom. The second kappa shape index (κ2) is 4.02. The highest BCUT2D eigenvalue weighted by Gasteiger charge is 2.73. The van der Waals surface area contributed by atoms with Gasteiger partial charge in [0.25, 0.3) is 0 Å². The molecule has 3 fully saturated rings. The normalized spacial score (nSPS) is 47.1. The first kappa shape index (κ1) is 14.1. The monoisotopic (exact) mass is 310 g/mol. The van der Waals surface area contributed by atoms with Crippen LogP contribution in [0.15, 0.2) is 18.2 Å². The van der Waals surface area contributed by atoms with Gasteiger partial charge in [-0.05, 0) is 85.5 Å². The maximum absolute atomic E-state index is 13.2. The van der Waals surface area contributed by atoms with Crippen LogP contribution in [0.3, 0.4) is 0 Å². The molecule has 1 aromatic carbocycles. The van der Waals surface area contributed by atoms with E-state index < -0.39 is 0 Å². The summed E-state index contributed by atoms with van der Waals surface area (Å²) in [6.07, 6.45) is 7.94. The van der Waals surface area contributed by atoms with E-state index in [-0.39, 0.29) is 16.2 Å². The fourth-order valence-electron chi connectivity index (χ4n) is 7.38. The molecule has 0 aromatic heterocycles. The van der Waals surface area contributed by atoms with Gasteiger partial charge >= 0.3 is 0 Å². The fraction of sp³-hybridized carbons (Fsp3) is 0.667. The van der Waals surface area contributed by atoms with Crippen LogP contribution in [0.4, 0.5) is 0 Å². The minimum Gasteiger partial charge on any atom is -0.508 e. The van der Waals surface area contributed by atoms with Gasteiger partial charge in [-0.15, -0.1) is 0 Å². The van der Waals surface area contributed by atoms with Gasteiger partial charge in [-0.1, -0.05) is 19.9 Å². The van der Waals surface area contributed by atoms with E-state index in [4.69, 9.17) is 0 Å². The second-order valence-corrected chi connectivity index (χ2v) is 9.23. The molecular formula is C21H26O2. The molecule has 0 aliphatic heterocycles. The van der Waals surface area contributed by atoms with Gasteiger partial charge in [0.15, 0.2) is 0 Å². The molecule has 0 heterocycles. The molecule has 0 amide bonds. The van der Waals surface area contributed by atoms with Crippen LogP contribution < -0.4 is 0 Å². The number of hydrogen-bond acceptors (Lipinski definition) is 2. The van der Waals surface area contributed by atoms with Crippen molar-refractivity contribution in [3.63, 3.8) is 0 Å². The predicted molar refractivity (Wildman–Crippen MR) is 89.4 cm³/mol. The minimum absolute atomic E-state index is 0.0428. The number of phenolic OH excluding ortho intramolecular Hbond substituents is 1. The summed E-state index contributed by atoms with van der Waals surface area (Å²) in [7, 11) is 0. The molecule has 2 heteroatoms. The molecule has 0 unspecified atom stereocenters. The van der Waals surface area contributed by atoms with Crippen molar-refractivity contribution in [2.45, 2.75) is 64.7 Å². The van der Waals surface area contributed by atoms with Crippen LogP contribution in [0, 0.1) is 22.2 Å². The molecule has 2 bridgehead atoms. The van der Waals surface area contributed by atoms with Gasteiger partial charge in [-0.3, -0.25) is 4.79 Å². The number of carbonyl (C=O) groups excluding carboxylic acids is 1. The number of aryl methyl sites for hydroxylation is 1. The number of benzene rings is 1. The Balaban J connectivity index is 1.63. The molecule has 1 spiro atoms. The number of hydrogen-bond donors (Lipinski definition) is 1. The van der Waals surface area contributed by atoms with Gasteiger partial charge in [0, 0.05) is 10.8 Å². The van der Waals surface area contributed by atoms with E-state index in [9.17, 15) is 9.90 Å². The van der Waals surface area contributed by atoms with Crippen molar-refractivity contribution < 1.29 is 9.90 Å². The zero-order valence-electron chi connectivity index (χ0n) is 14.2. The largest absolute Gasteiger partial charge is 0.508 e. The number of fused-ring (bicyclic) bond motifs is 4. The summed E-state index contributed by atoms with van der Waals surface area (Å²) in [6.45, 7) is 4.53. The van der Waals surface area contributed by atoms with Crippen LogP contribution in [0.25, 0.3) is 0 Å². The summed E-state index contributed by atoms with van der Waals surface area (Å²) in [5.41, 5.74) is 2.94. The summed E-state index contributed by atoms with van der Waals surface area (Å²) >= 11 is 0. The highest BCUT2D eigenvalue weighted by molar-refractivity contribution is 5.94. The highest BCUT2D eigenvalue weighted by atomic mass is 16.3. The molecule has 4 aliphatic rings. The molecule has 1 aromatic rings. The Labute approximate surface area is 138 Å². The summed E-state index contributed by atoms with van der Waals surface area (Å²) < 4.78 is 0. The van der Waals surface area contributed by atoms with Crippen molar-refractivity contribution in [2.24, 2.45) is 22.2 Å². The van der Waals surface area contributed by atoms with E-state index in [2.05, 4.69) is 19.9 Å². The number of Topliss-reactive ketones (excluding diaryl/α,β-unsaturated/α-hetero) is 1. The SMILES string of the molecule is C[C@]12CC[C@@]3(C1)[C@@H]1CCc4cc(O)ccc4[C@H]1CC[C@]3(C)C2=O. The quantitative estimate of drug-likeness (QED) is 0.760. The maximum atomic E-state index is 13.2. The first-order valence-corrected chi connectivity index (χ1v) is 9.26. The van der Waals surface area contributed by atoms with E-state index >= 15 is 0 Å². The molecule has 0 saturated heterocycles. The standard InChI is InChI=1S/C21H26O2/c1-19-9-10-21(12-19)17-6-3-13-11-14(22)4-5-15(13)16(17)7-8-20(21,2)18(19)23/h4-5,11,16-17,22H,3,6-10,12H2,1-2H3/t16-,17-,19+,20-,21-/m1/s1. The second-order valence-electron chi connectivity index (χ2n) is 9.23. The van der Waals surface area contributed by atoms with E-state index in [0.29, 0.717) is 23.4 Å². The van der Waals surface area contributed by atoms with Crippen molar-refractivity contribution >= 4 is 5.78 Å². The highest BCUT2D eigenvalue weighted by Crippen LogP contribution is 2.76. The lowest BCUT2D eigenvalue weighted by Crippen LogP contribution is -2.53. The van der Waals surface area contributed by atoms with Crippen LogP contribution in [0.1, 0.15) is 69.4 Å². The average molecular weight is 310 g/mol. The Bertz CT molecular complexity index is 723. The van der Waals surface area contributed by atoms with Crippen molar-refractivity contribution in [3.05, 3.63) is 29.3 Å². The third kappa shape index (κ3) is 1.45. The molecule has 23 heavy (non-hydrogen) atoms. The van der Waals surface area contributed by atoms with Crippen molar-refractivity contribution in [2.75, 3.05) is 0 Å². The topological polar surface area (TPSA) is 37.3 Å². The van der Waals surface area contributed by atoms with Crippen molar-refractivity contribution in [1.82, 2.24) is 0 Å². The van der Waals surface area contributed by atoms with Crippen LogP contribution in [0.5, 0.6) is 5.75 Å². The predicted octanol–water partition coefficient (Wildman–Crippen LogP) is 4.60. The third-order valence-corrected chi connectivity index (χ3v) is 8.38. The van der Waals surface area contributed by atoms with E-state index in [1.54, 1.807) is 0 Å². The summed E-state index contributed by atoms with van der Waals surface area (Å²) in [5, 5.41) is 9.80. The van der Waals surface area contributed by atoms with Crippen molar-refractivity contribution in [3.8, 4) is 5.75 Å². The minimum atomic E-state index is -0.0738. The lowest BCUT2D eigenvalue weighted by atomic mass is 9.46. The molecule has 122 valence electrons. The van der Waals surface area contributed by atoms with Crippen molar-refractivity contribution in [1.29, 1.82) is 0 Å². The molecule has 0 radical (unpaired) electrons. The van der Waals surface area contributed by atoms with Crippen LogP contribution >= 0.6 is 0 Å². The molecule has 1 N–H and O–H groups in total.